The minimum atomic E-state index is -4.99. The Hall–Kier alpha value is 0.440. The largest absolute Gasteiger partial charge is 0.469 e. The molecule has 0 aromatic rings. The fourth-order valence-electron chi connectivity index (χ4n) is 1.40. The zero-order valence-electron chi connectivity index (χ0n) is 8.71. The van der Waals surface area contributed by atoms with Crippen molar-refractivity contribution in [2.75, 3.05) is 6.54 Å². The van der Waals surface area contributed by atoms with Crippen LogP contribution in [0.15, 0.2) is 4.99 Å². The molecule has 1 aliphatic rings. The first-order valence-electron chi connectivity index (χ1n) is 4.74. The van der Waals surface area contributed by atoms with Crippen LogP contribution in [0.5, 0.6) is 0 Å². The summed E-state index contributed by atoms with van der Waals surface area (Å²) in [5.41, 5.74) is 0. The van der Waals surface area contributed by atoms with E-state index in [1.807, 2.05) is 0 Å². The van der Waals surface area contributed by atoms with Crippen LogP contribution in [-0.4, -0.2) is 47.6 Å². The molecular weight excluding hydrogens is 290 g/mol. The van der Waals surface area contributed by atoms with Crippen LogP contribution < -0.4 is 5.32 Å². The van der Waals surface area contributed by atoms with Crippen LogP contribution in [0.4, 0.5) is 0 Å². The van der Waals surface area contributed by atoms with Crippen molar-refractivity contribution >= 4 is 33.4 Å². The predicted molar refractivity (Wildman–Crippen MR) is 66.9 cm³/mol. The van der Waals surface area contributed by atoms with Crippen LogP contribution >= 0.6 is 28.2 Å². The monoisotopic (exact) mass is 305 g/mol. The number of rotatable bonds is 3. The number of piperidine rings is 1. The van der Waals surface area contributed by atoms with Gasteiger partial charge in [-0.1, -0.05) is 0 Å². The van der Waals surface area contributed by atoms with Gasteiger partial charge in [-0.05, 0) is 12.8 Å². The molecule has 8 nitrogen and oxygen atoms in total. The van der Waals surface area contributed by atoms with E-state index in [-0.39, 0.29) is 5.25 Å². The molecule has 0 amide bonds. The maximum absolute atomic E-state index is 11.0. The molecule has 1 heterocycles. The SMILES string of the molecule is O=P(O)(O)C(=NC1CCC(S)CN1)[P+](O)(O)O. The Labute approximate surface area is 104 Å². The lowest BCUT2D eigenvalue weighted by atomic mass is 10.1. The van der Waals surface area contributed by atoms with Gasteiger partial charge in [-0.25, -0.2) is 9.56 Å². The topological polar surface area (TPSA) is 143 Å². The molecule has 0 spiro atoms. The van der Waals surface area contributed by atoms with Crippen LogP contribution in [-0.2, 0) is 4.57 Å². The third kappa shape index (κ3) is 4.90. The van der Waals surface area contributed by atoms with E-state index in [1.54, 1.807) is 0 Å². The number of hydrogen-bond acceptors (Lipinski definition) is 7. The van der Waals surface area contributed by atoms with Gasteiger partial charge in [0.25, 0.3) is 0 Å². The summed E-state index contributed by atoms with van der Waals surface area (Å²) in [5.74, 6) is 0. The van der Waals surface area contributed by atoms with E-state index >= 15 is 0 Å². The average Bonchev–Trinajstić information content (AvgIpc) is 2.13. The van der Waals surface area contributed by atoms with Crippen molar-refractivity contribution in [3.05, 3.63) is 0 Å². The molecule has 1 fully saturated rings. The third-order valence-corrected chi connectivity index (χ3v) is 5.48. The van der Waals surface area contributed by atoms with Crippen LogP contribution in [0.2, 0.25) is 0 Å². The summed E-state index contributed by atoms with van der Waals surface area (Å²) in [4.78, 5) is 48.1. The number of hydrogen-bond donors (Lipinski definition) is 7. The molecule has 6 N–H and O–H groups in total. The highest BCUT2D eigenvalue weighted by atomic mass is 32.1. The van der Waals surface area contributed by atoms with Crippen LogP contribution in [0.3, 0.4) is 0 Å². The number of aliphatic imine (C=N–C) groups is 1. The molecule has 0 aliphatic carbocycles. The van der Waals surface area contributed by atoms with Gasteiger partial charge in [0, 0.05) is 11.8 Å². The molecule has 17 heavy (non-hydrogen) atoms. The molecule has 0 radical (unpaired) electrons. The van der Waals surface area contributed by atoms with Crippen molar-refractivity contribution in [1.29, 1.82) is 0 Å². The Morgan fingerprint density at radius 1 is 1.35 bits per heavy atom. The van der Waals surface area contributed by atoms with Gasteiger partial charge in [-0.3, -0.25) is 5.32 Å². The molecule has 0 aromatic carbocycles. The maximum atomic E-state index is 11.0. The summed E-state index contributed by atoms with van der Waals surface area (Å²) < 4.78 is 11.0. The highest BCUT2D eigenvalue weighted by Gasteiger charge is 2.52. The first kappa shape index (κ1) is 15.5. The van der Waals surface area contributed by atoms with Crippen molar-refractivity contribution < 1.29 is 29.0 Å². The second kappa shape index (κ2) is 5.61. The van der Waals surface area contributed by atoms with Gasteiger partial charge < -0.3 is 9.79 Å². The highest BCUT2D eigenvalue weighted by Crippen LogP contribution is 2.60. The van der Waals surface area contributed by atoms with Gasteiger partial charge in [-0.15, -0.1) is 0 Å². The van der Waals surface area contributed by atoms with Gasteiger partial charge in [0.05, 0.1) is 0 Å². The van der Waals surface area contributed by atoms with E-state index in [1.165, 1.54) is 0 Å². The van der Waals surface area contributed by atoms with E-state index in [2.05, 4.69) is 22.9 Å². The first-order chi connectivity index (χ1) is 7.60. The second-order valence-corrected chi connectivity index (χ2v) is 7.85. The summed E-state index contributed by atoms with van der Waals surface area (Å²) in [6.07, 6.45) is 0.455. The standard InChI is InChI=1S/C6H14N2O6P2S/c9-15(10,11)6(16(12,13)14)8-5-2-1-4(17)3-7-5/h4-5,7,9-11H,1-3H2,(H2-,12,13,14,17)/p+1. The van der Waals surface area contributed by atoms with Gasteiger partial charge in [0.1, 0.15) is 6.17 Å². The van der Waals surface area contributed by atoms with Crippen molar-refractivity contribution in [3.63, 3.8) is 0 Å². The van der Waals surface area contributed by atoms with Gasteiger partial charge in [0.2, 0.25) is 0 Å². The fourth-order valence-corrected chi connectivity index (χ4v) is 3.64. The summed E-state index contributed by atoms with van der Waals surface area (Å²) in [7, 11) is -9.79. The molecule has 0 saturated carbocycles. The van der Waals surface area contributed by atoms with Crippen molar-refractivity contribution in [3.8, 4) is 0 Å². The summed E-state index contributed by atoms with van der Waals surface area (Å²) in [5, 5.41) is 1.69. The normalized spacial score (nSPS) is 28.2. The molecule has 1 aliphatic heterocycles. The van der Waals surface area contributed by atoms with E-state index in [0.717, 1.165) is 0 Å². The molecule has 11 heteroatoms. The van der Waals surface area contributed by atoms with E-state index in [4.69, 9.17) is 24.5 Å². The van der Waals surface area contributed by atoms with Crippen molar-refractivity contribution in [2.45, 2.75) is 24.3 Å². The number of nitrogens with one attached hydrogen (secondary N) is 1. The maximum Gasteiger partial charge on any atom is 0.469 e. The Morgan fingerprint density at radius 3 is 2.29 bits per heavy atom. The Morgan fingerprint density at radius 2 is 1.94 bits per heavy atom. The quantitative estimate of drug-likeness (QED) is 0.207. The third-order valence-electron chi connectivity index (χ3n) is 2.16. The second-order valence-electron chi connectivity index (χ2n) is 3.70. The Balaban J connectivity index is 2.88. The average molecular weight is 305 g/mol. The fraction of sp³-hybridized carbons (Fsp3) is 0.833. The molecule has 2 atom stereocenters. The lowest BCUT2D eigenvalue weighted by molar-refractivity contribution is 0.347. The molecule has 1 rings (SSSR count). The number of thiol groups is 1. The van der Waals surface area contributed by atoms with E-state index < -0.39 is 26.9 Å². The summed E-state index contributed by atoms with van der Waals surface area (Å²) >= 11 is 4.20. The zero-order chi connectivity index (χ0) is 13.3. The lowest BCUT2D eigenvalue weighted by Crippen LogP contribution is -2.39. The first-order valence-corrected chi connectivity index (χ1v) is 8.51. The Bertz CT molecular complexity index is 345. The van der Waals surface area contributed by atoms with Gasteiger partial charge in [0.15, 0.2) is 0 Å². The zero-order valence-corrected chi connectivity index (χ0v) is 11.4. The molecular formula is C6H15N2O6P2S+. The van der Waals surface area contributed by atoms with Crippen molar-refractivity contribution in [2.24, 2.45) is 4.99 Å². The number of nitrogens with zero attached hydrogens (tertiary/aromatic N) is 1. The van der Waals surface area contributed by atoms with Crippen LogP contribution in [0.25, 0.3) is 0 Å². The highest BCUT2D eigenvalue weighted by molar-refractivity contribution is 8.00. The van der Waals surface area contributed by atoms with E-state index in [0.29, 0.717) is 19.4 Å². The van der Waals surface area contributed by atoms with E-state index in [9.17, 15) is 4.57 Å². The summed E-state index contributed by atoms with van der Waals surface area (Å²) in [6.45, 7) is 0.486. The molecule has 2 unspecified atom stereocenters. The predicted octanol–water partition coefficient (Wildman–Crippen LogP) is -0.733. The molecule has 0 aromatic heterocycles. The molecule has 1 saturated heterocycles. The summed E-state index contributed by atoms with van der Waals surface area (Å²) in [6, 6.07) is 0. The molecule has 100 valence electrons. The van der Waals surface area contributed by atoms with Crippen LogP contribution in [0.1, 0.15) is 12.8 Å². The van der Waals surface area contributed by atoms with Gasteiger partial charge >= 0.3 is 20.7 Å². The molecule has 0 bridgehead atoms. The van der Waals surface area contributed by atoms with Gasteiger partial charge in [-0.2, -0.15) is 27.3 Å². The smallest absolute Gasteiger partial charge is 0.317 e. The van der Waals surface area contributed by atoms with Crippen molar-refractivity contribution in [1.82, 2.24) is 5.32 Å². The minimum absolute atomic E-state index is 0.122. The van der Waals surface area contributed by atoms with Crippen LogP contribution in [0, 0.1) is 0 Å². The minimum Gasteiger partial charge on any atom is -0.317 e. The lowest BCUT2D eigenvalue weighted by Gasteiger charge is -2.24. The Kier molecular flexibility index (Phi) is 5.11.